The predicted molar refractivity (Wildman–Crippen MR) is 98.1 cm³/mol. The van der Waals surface area contributed by atoms with E-state index in [2.05, 4.69) is 16.0 Å². The van der Waals surface area contributed by atoms with Gasteiger partial charge in [-0.25, -0.2) is 13.8 Å². The maximum absolute atomic E-state index is 13.8. The van der Waals surface area contributed by atoms with Gasteiger partial charge in [0.15, 0.2) is 0 Å². The lowest BCUT2D eigenvalue weighted by atomic mass is 10.0. The lowest BCUT2D eigenvalue weighted by Gasteiger charge is -2.17. The van der Waals surface area contributed by atoms with Gasteiger partial charge in [0.05, 0.1) is 18.3 Å². The van der Waals surface area contributed by atoms with E-state index in [1.807, 2.05) is 23.9 Å². The molecule has 4 heterocycles. The molecule has 1 N–H and O–H groups in total. The van der Waals surface area contributed by atoms with Crippen LogP contribution >= 0.6 is 0 Å². The molecule has 2 unspecified atom stereocenters. The van der Waals surface area contributed by atoms with Gasteiger partial charge in [0.25, 0.3) is 0 Å². The molecule has 0 aromatic carbocycles. The van der Waals surface area contributed by atoms with Crippen molar-refractivity contribution >= 4 is 11.0 Å². The molecule has 1 aliphatic heterocycles. The SMILES string of the molecule is Cc1c[nH]c2ncc(-c3cc(C4CCOC4)n(C4CCC(F)(F)C4)n3)cc12. The molecule has 1 saturated heterocycles. The highest BCUT2D eigenvalue weighted by Crippen LogP contribution is 2.43. The minimum Gasteiger partial charge on any atom is -0.381 e. The van der Waals surface area contributed by atoms with Crippen LogP contribution in [0.2, 0.25) is 0 Å². The van der Waals surface area contributed by atoms with Gasteiger partial charge in [0.2, 0.25) is 5.92 Å². The first-order valence-corrected chi connectivity index (χ1v) is 9.49. The molecule has 7 heteroatoms. The number of rotatable bonds is 3. The molecule has 27 heavy (non-hydrogen) atoms. The molecule has 1 aliphatic carbocycles. The largest absolute Gasteiger partial charge is 0.381 e. The number of nitrogens with one attached hydrogen (secondary N) is 1. The highest BCUT2D eigenvalue weighted by molar-refractivity contribution is 5.83. The van der Waals surface area contributed by atoms with Crippen molar-refractivity contribution in [3.8, 4) is 11.3 Å². The Balaban J connectivity index is 1.58. The van der Waals surface area contributed by atoms with Crippen LogP contribution in [0.4, 0.5) is 8.78 Å². The first-order chi connectivity index (χ1) is 13.0. The summed E-state index contributed by atoms with van der Waals surface area (Å²) in [5.41, 5.74) is 4.68. The van der Waals surface area contributed by atoms with Crippen molar-refractivity contribution in [2.24, 2.45) is 0 Å². The zero-order valence-electron chi connectivity index (χ0n) is 15.2. The van der Waals surface area contributed by atoms with E-state index < -0.39 is 5.92 Å². The fraction of sp³-hybridized carbons (Fsp3) is 0.500. The maximum atomic E-state index is 13.8. The Hall–Kier alpha value is -2.28. The Morgan fingerprint density at radius 2 is 2.19 bits per heavy atom. The van der Waals surface area contributed by atoms with Crippen LogP contribution in [0.15, 0.2) is 24.5 Å². The van der Waals surface area contributed by atoms with E-state index >= 15 is 0 Å². The van der Waals surface area contributed by atoms with Gasteiger partial charge in [-0.2, -0.15) is 5.10 Å². The fourth-order valence-corrected chi connectivity index (χ4v) is 4.33. The highest BCUT2D eigenvalue weighted by Gasteiger charge is 2.42. The molecule has 1 saturated carbocycles. The molecular weight excluding hydrogens is 350 g/mol. The van der Waals surface area contributed by atoms with E-state index in [4.69, 9.17) is 9.84 Å². The van der Waals surface area contributed by atoms with Gasteiger partial charge in [-0.1, -0.05) is 0 Å². The summed E-state index contributed by atoms with van der Waals surface area (Å²) in [4.78, 5) is 7.63. The van der Waals surface area contributed by atoms with Crippen molar-refractivity contribution in [2.45, 2.75) is 50.5 Å². The van der Waals surface area contributed by atoms with Crippen LogP contribution in [0.1, 0.15) is 48.9 Å². The molecule has 0 amide bonds. The number of aromatic amines is 1. The number of hydrogen-bond acceptors (Lipinski definition) is 3. The van der Waals surface area contributed by atoms with Crippen molar-refractivity contribution in [3.05, 3.63) is 35.8 Å². The third-order valence-electron chi connectivity index (χ3n) is 5.87. The molecule has 0 bridgehead atoms. The smallest absolute Gasteiger partial charge is 0.250 e. The van der Waals surface area contributed by atoms with E-state index in [9.17, 15) is 8.78 Å². The molecule has 2 fully saturated rings. The number of hydrogen-bond donors (Lipinski definition) is 1. The Morgan fingerprint density at radius 1 is 1.30 bits per heavy atom. The molecule has 5 nitrogen and oxygen atoms in total. The summed E-state index contributed by atoms with van der Waals surface area (Å²) in [6.45, 7) is 3.37. The number of ether oxygens (including phenoxy) is 1. The molecule has 2 aliphatic rings. The third kappa shape index (κ3) is 2.94. The molecule has 142 valence electrons. The van der Waals surface area contributed by atoms with E-state index in [1.165, 1.54) is 0 Å². The average Bonchev–Trinajstić information content (AvgIpc) is 3.40. The van der Waals surface area contributed by atoms with Gasteiger partial charge in [0.1, 0.15) is 5.65 Å². The Morgan fingerprint density at radius 3 is 2.93 bits per heavy atom. The Bertz CT molecular complexity index is 987. The van der Waals surface area contributed by atoms with Crippen molar-refractivity contribution < 1.29 is 13.5 Å². The first-order valence-electron chi connectivity index (χ1n) is 9.49. The summed E-state index contributed by atoms with van der Waals surface area (Å²) in [6, 6.07) is 3.86. The van der Waals surface area contributed by atoms with Crippen LogP contribution in [0, 0.1) is 6.92 Å². The van der Waals surface area contributed by atoms with Crippen LogP contribution in [-0.2, 0) is 4.74 Å². The molecule has 0 spiro atoms. The number of aryl methyl sites for hydroxylation is 1. The molecule has 3 aromatic rings. The molecule has 2 atom stereocenters. The summed E-state index contributed by atoms with van der Waals surface area (Å²) >= 11 is 0. The number of H-pyrrole nitrogens is 1. The topological polar surface area (TPSA) is 55.7 Å². The number of pyridine rings is 1. The van der Waals surface area contributed by atoms with E-state index in [-0.39, 0.29) is 24.8 Å². The summed E-state index contributed by atoms with van der Waals surface area (Å²) in [5, 5.41) is 5.83. The van der Waals surface area contributed by atoms with Crippen LogP contribution in [-0.4, -0.2) is 38.9 Å². The summed E-state index contributed by atoms with van der Waals surface area (Å²) in [7, 11) is 0. The Labute approximate surface area is 155 Å². The minimum absolute atomic E-state index is 0.0659. The standard InChI is InChI=1S/C20H22F2N4O/c1-12-9-23-19-16(12)6-14(10-24-19)17-7-18(13-3-5-27-11-13)26(25-17)15-2-4-20(21,22)8-15/h6-7,9-10,13,15H,2-5,8,11H2,1H3,(H,23,24). The minimum atomic E-state index is -2.59. The maximum Gasteiger partial charge on any atom is 0.250 e. The zero-order chi connectivity index (χ0) is 18.6. The summed E-state index contributed by atoms with van der Waals surface area (Å²) in [6.07, 6.45) is 4.89. The fourth-order valence-electron chi connectivity index (χ4n) is 4.33. The van der Waals surface area contributed by atoms with Crippen LogP contribution < -0.4 is 0 Å². The summed E-state index contributed by atoms with van der Waals surface area (Å²) < 4.78 is 35.0. The van der Waals surface area contributed by atoms with E-state index in [0.717, 1.165) is 40.0 Å². The van der Waals surface area contributed by atoms with Gasteiger partial charge in [-0.3, -0.25) is 4.68 Å². The van der Waals surface area contributed by atoms with Crippen molar-refractivity contribution in [1.29, 1.82) is 0 Å². The number of aromatic nitrogens is 4. The van der Waals surface area contributed by atoms with Gasteiger partial charge in [-0.05, 0) is 37.5 Å². The third-order valence-corrected chi connectivity index (χ3v) is 5.87. The second-order valence-corrected chi connectivity index (χ2v) is 7.80. The Kier molecular flexibility index (Phi) is 3.82. The number of alkyl halides is 2. The van der Waals surface area contributed by atoms with Gasteiger partial charge < -0.3 is 9.72 Å². The number of fused-ring (bicyclic) bond motifs is 1. The van der Waals surface area contributed by atoms with Gasteiger partial charge in [0, 0.05) is 54.4 Å². The first kappa shape index (κ1) is 16.9. The van der Waals surface area contributed by atoms with E-state index in [1.54, 1.807) is 6.20 Å². The molecule has 5 rings (SSSR count). The molecule has 3 aromatic heterocycles. The van der Waals surface area contributed by atoms with Gasteiger partial charge in [-0.15, -0.1) is 0 Å². The molecular formula is C20H22F2N4O. The second-order valence-electron chi connectivity index (χ2n) is 7.80. The zero-order valence-corrected chi connectivity index (χ0v) is 15.2. The number of nitrogens with zero attached hydrogens (tertiary/aromatic N) is 3. The van der Waals surface area contributed by atoms with Crippen LogP contribution in [0.25, 0.3) is 22.3 Å². The summed E-state index contributed by atoms with van der Waals surface area (Å²) in [5.74, 6) is -2.38. The monoisotopic (exact) mass is 372 g/mol. The van der Waals surface area contributed by atoms with Crippen molar-refractivity contribution in [1.82, 2.24) is 19.7 Å². The lowest BCUT2D eigenvalue weighted by Crippen LogP contribution is -2.16. The van der Waals surface area contributed by atoms with Crippen LogP contribution in [0.3, 0.4) is 0 Å². The number of halogens is 2. The normalized spacial score (nSPS) is 24.9. The highest BCUT2D eigenvalue weighted by atomic mass is 19.3. The predicted octanol–water partition coefficient (Wildman–Crippen LogP) is 4.60. The lowest BCUT2D eigenvalue weighted by molar-refractivity contribution is 0.00505. The quantitative estimate of drug-likeness (QED) is 0.731. The van der Waals surface area contributed by atoms with E-state index in [0.29, 0.717) is 19.6 Å². The van der Waals surface area contributed by atoms with Crippen molar-refractivity contribution in [3.63, 3.8) is 0 Å². The second kappa shape index (κ2) is 6.12. The molecule has 0 radical (unpaired) electrons. The van der Waals surface area contributed by atoms with Crippen molar-refractivity contribution in [2.75, 3.05) is 13.2 Å². The average molecular weight is 372 g/mol. The van der Waals surface area contributed by atoms with Gasteiger partial charge >= 0.3 is 0 Å². The van der Waals surface area contributed by atoms with Crippen LogP contribution in [0.5, 0.6) is 0 Å².